The van der Waals surface area contributed by atoms with Crippen LogP contribution in [0.4, 0.5) is 10.5 Å². The molecule has 1 N–H and O–H groups in total. The number of hydrogen-bond donors (Lipinski definition) is 1. The molecule has 1 saturated heterocycles. The van der Waals surface area contributed by atoms with E-state index in [0.717, 1.165) is 43.2 Å². The number of carbonyl (C=O) groups excluding carboxylic acids is 1. The average Bonchev–Trinajstić information content (AvgIpc) is 2.96. The van der Waals surface area contributed by atoms with Crippen molar-refractivity contribution in [3.63, 3.8) is 0 Å². The maximum Gasteiger partial charge on any atom is 0.321 e. The van der Waals surface area contributed by atoms with Gasteiger partial charge in [0.15, 0.2) is 0 Å². The molecule has 0 aliphatic carbocycles. The Hall–Kier alpha value is -0.910. The van der Waals surface area contributed by atoms with Gasteiger partial charge >= 0.3 is 6.03 Å². The summed E-state index contributed by atoms with van der Waals surface area (Å²) < 4.78 is 0. The summed E-state index contributed by atoms with van der Waals surface area (Å²) in [7, 11) is 2.12. The Bertz CT molecular complexity index is 526. The van der Waals surface area contributed by atoms with Crippen molar-refractivity contribution < 1.29 is 4.79 Å². The zero-order valence-corrected chi connectivity index (χ0v) is 15.0. The summed E-state index contributed by atoms with van der Waals surface area (Å²) in [4.78, 5) is 17.6. The molecule has 22 heavy (non-hydrogen) atoms. The number of thioether (sulfide) groups is 1. The molecule has 1 aromatic carbocycles. The molecule has 0 saturated carbocycles. The predicted octanol–water partition coefficient (Wildman–Crippen LogP) is 3.87. The van der Waals surface area contributed by atoms with Gasteiger partial charge in [0, 0.05) is 24.5 Å². The monoisotopic (exact) mass is 341 g/mol. The smallest absolute Gasteiger partial charge is 0.321 e. The lowest BCUT2D eigenvalue weighted by Crippen LogP contribution is -2.34. The SMILES string of the molecule is CCN(C)C[C@@H]1CCN(C(=O)Nc2cccc(Cl)c2SC)C1. The van der Waals surface area contributed by atoms with Gasteiger partial charge in [0.25, 0.3) is 0 Å². The van der Waals surface area contributed by atoms with Gasteiger partial charge in [0.1, 0.15) is 0 Å². The molecule has 6 heteroatoms. The number of benzene rings is 1. The van der Waals surface area contributed by atoms with Crippen molar-refractivity contribution in [1.82, 2.24) is 9.80 Å². The third kappa shape index (κ3) is 4.31. The molecule has 1 aromatic rings. The molecular formula is C16H24ClN3OS. The van der Waals surface area contributed by atoms with Crippen LogP contribution in [0.5, 0.6) is 0 Å². The van der Waals surface area contributed by atoms with Crippen LogP contribution in [0, 0.1) is 5.92 Å². The molecule has 0 radical (unpaired) electrons. The Morgan fingerprint density at radius 2 is 2.32 bits per heavy atom. The number of halogens is 1. The fraction of sp³-hybridized carbons (Fsp3) is 0.562. The highest BCUT2D eigenvalue weighted by Gasteiger charge is 2.27. The first-order valence-electron chi connectivity index (χ1n) is 7.62. The Morgan fingerprint density at radius 1 is 1.55 bits per heavy atom. The lowest BCUT2D eigenvalue weighted by atomic mass is 10.1. The molecule has 4 nitrogen and oxygen atoms in total. The fourth-order valence-electron chi connectivity index (χ4n) is 2.75. The van der Waals surface area contributed by atoms with E-state index in [4.69, 9.17) is 11.6 Å². The van der Waals surface area contributed by atoms with Gasteiger partial charge in [-0.15, -0.1) is 11.8 Å². The summed E-state index contributed by atoms with van der Waals surface area (Å²) in [6.45, 7) is 5.90. The Balaban J connectivity index is 1.95. The molecular weight excluding hydrogens is 318 g/mol. The van der Waals surface area contributed by atoms with E-state index in [1.807, 2.05) is 29.4 Å². The van der Waals surface area contributed by atoms with Gasteiger partial charge in [-0.3, -0.25) is 0 Å². The second kappa shape index (κ2) is 8.09. The van der Waals surface area contributed by atoms with Gasteiger partial charge in [-0.05, 0) is 44.3 Å². The summed E-state index contributed by atoms with van der Waals surface area (Å²) in [5.74, 6) is 0.565. The lowest BCUT2D eigenvalue weighted by molar-refractivity contribution is 0.218. The van der Waals surface area contributed by atoms with Crippen molar-refractivity contribution in [2.75, 3.05) is 44.8 Å². The molecule has 0 spiro atoms. The first-order chi connectivity index (χ1) is 10.5. The number of hydrogen-bond acceptors (Lipinski definition) is 3. The zero-order chi connectivity index (χ0) is 16.1. The second-order valence-electron chi connectivity index (χ2n) is 5.71. The van der Waals surface area contributed by atoms with Crippen molar-refractivity contribution in [3.8, 4) is 0 Å². The molecule has 1 aliphatic rings. The Labute approximate surface area is 142 Å². The van der Waals surface area contributed by atoms with E-state index in [1.165, 1.54) is 0 Å². The molecule has 0 unspecified atom stereocenters. The molecule has 2 rings (SSSR count). The van der Waals surface area contributed by atoms with Crippen LogP contribution in [0.15, 0.2) is 23.1 Å². The van der Waals surface area contributed by atoms with Gasteiger partial charge in [-0.25, -0.2) is 4.79 Å². The van der Waals surface area contributed by atoms with E-state index >= 15 is 0 Å². The average molecular weight is 342 g/mol. The summed E-state index contributed by atoms with van der Waals surface area (Å²) in [5, 5.41) is 3.68. The number of urea groups is 1. The van der Waals surface area contributed by atoms with Crippen molar-refractivity contribution in [2.24, 2.45) is 5.92 Å². The minimum Gasteiger partial charge on any atom is -0.324 e. The first-order valence-corrected chi connectivity index (χ1v) is 9.22. The number of nitrogens with one attached hydrogen (secondary N) is 1. The van der Waals surface area contributed by atoms with Crippen LogP contribution in [-0.4, -0.2) is 55.3 Å². The van der Waals surface area contributed by atoms with E-state index in [1.54, 1.807) is 11.8 Å². The molecule has 0 aromatic heterocycles. The number of likely N-dealkylation sites (tertiary alicyclic amines) is 1. The van der Waals surface area contributed by atoms with Crippen LogP contribution in [0.3, 0.4) is 0 Å². The zero-order valence-electron chi connectivity index (χ0n) is 13.4. The number of rotatable bonds is 5. The van der Waals surface area contributed by atoms with Crippen molar-refractivity contribution >= 4 is 35.1 Å². The van der Waals surface area contributed by atoms with E-state index in [0.29, 0.717) is 10.9 Å². The van der Waals surface area contributed by atoms with Gasteiger partial charge in [-0.2, -0.15) is 0 Å². The standard InChI is InChI=1S/C16H24ClN3OS/c1-4-19(2)10-12-8-9-20(11-12)16(21)18-14-7-5-6-13(17)15(14)22-3/h5-7,12H,4,8-11H2,1-3H3,(H,18,21)/t12-/m0/s1. The normalized spacial score (nSPS) is 18.0. The topological polar surface area (TPSA) is 35.6 Å². The van der Waals surface area contributed by atoms with E-state index in [2.05, 4.69) is 24.2 Å². The van der Waals surface area contributed by atoms with Crippen molar-refractivity contribution in [2.45, 2.75) is 18.2 Å². The van der Waals surface area contributed by atoms with E-state index in [9.17, 15) is 4.79 Å². The van der Waals surface area contributed by atoms with E-state index in [-0.39, 0.29) is 6.03 Å². The lowest BCUT2D eigenvalue weighted by Gasteiger charge is -2.21. The van der Waals surface area contributed by atoms with Crippen LogP contribution in [-0.2, 0) is 0 Å². The van der Waals surface area contributed by atoms with Crippen LogP contribution in [0.25, 0.3) is 0 Å². The molecule has 122 valence electrons. The maximum absolute atomic E-state index is 12.4. The summed E-state index contributed by atoms with van der Waals surface area (Å²) in [5.41, 5.74) is 0.791. The number of anilines is 1. The summed E-state index contributed by atoms with van der Waals surface area (Å²) in [6, 6.07) is 5.57. The third-order valence-corrected chi connectivity index (χ3v) is 5.37. The van der Waals surface area contributed by atoms with Crippen LogP contribution in [0.2, 0.25) is 5.02 Å². The van der Waals surface area contributed by atoms with Crippen LogP contribution in [0.1, 0.15) is 13.3 Å². The van der Waals surface area contributed by atoms with Crippen molar-refractivity contribution in [1.29, 1.82) is 0 Å². The Kier molecular flexibility index (Phi) is 6.41. The minimum atomic E-state index is -0.0285. The van der Waals surface area contributed by atoms with Gasteiger partial charge in [-0.1, -0.05) is 24.6 Å². The molecule has 1 fully saturated rings. The first kappa shape index (κ1) is 17.4. The van der Waals surface area contributed by atoms with Gasteiger partial charge < -0.3 is 15.1 Å². The van der Waals surface area contributed by atoms with Crippen molar-refractivity contribution in [3.05, 3.63) is 23.2 Å². The number of amides is 2. The molecule has 0 bridgehead atoms. The van der Waals surface area contributed by atoms with Crippen LogP contribution >= 0.6 is 23.4 Å². The molecule has 1 heterocycles. The number of nitrogens with zero attached hydrogens (tertiary/aromatic N) is 2. The molecule has 1 aliphatic heterocycles. The highest BCUT2D eigenvalue weighted by molar-refractivity contribution is 7.98. The van der Waals surface area contributed by atoms with Gasteiger partial charge in [0.05, 0.1) is 10.7 Å². The quantitative estimate of drug-likeness (QED) is 0.826. The summed E-state index contributed by atoms with van der Waals surface area (Å²) in [6.07, 6.45) is 3.03. The maximum atomic E-state index is 12.4. The molecule has 2 amide bonds. The second-order valence-corrected chi connectivity index (χ2v) is 6.93. The van der Waals surface area contributed by atoms with E-state index < -0.39 is 0 Å². The highest BCUT2D eigenvalue weighted by atomic mass is 35.5. The molecule has 1 atom stereocenters. The number of carbonyl (C=O) groups is 1. The fourth-order valence-corrected chi connectivity index (χ4v) is 3.75. The highest BCUT2D eigenvalue weighted by Crippen LogP contribution is 2.33. The largest absolute Gasteiger partial charge is 0.324 e. The predicted molar refractivity (Wildman–Crippen MR) is 95.1 cm³/mol. The third-order valence-electron chi connectivity index (χ3n) is 4.10. The Morgan fingerprint density at radius 3 is 3.00 bits per heavy atom. The van der Waals surface area contributed by atoms with Gasteiger partial charge in [0.2, 0.25) is 0 Å². The minimum absolute atomic E-state index is 0.0285. The summed E-state index contributed by atoms with van der Waals surface area (Å²) >= 11 is 7.72. The van der Waals surface area contributed by atoms with Crippen LogP contribution < -0.4 is 5.32 Å².